The highest BCUT2D eigenvalue weighted by Crippen LogP contribution is 2.31. The van der Waals surface area contributed by atoms with E-state index in [0.29, 0.717) is 36.1 Å². The molecule has 9 heteroatoms. The van der Waals surface area contributed by atoms with E-state index in [0.717, 1.165) is 88.5 Å². The van der Waals surface area contributed by atoms with Gasteiger partial charge in [0, 0.05) is 63.9 Å². The van der Waals surface area contributed by atoms with Gasteiger partial charge in [0.05, 0.1) is 23.8 Å². The number of hydrogen-bond donors (Lipinski definition) is 1. The number of piperidine rings is 1. The van der Waals surface area contributed by atoms with Crippen molar-refractivity contribution in [2.75, 3.05) is 50.8 Å². The smallest absolute Gasteiger partial charge is 0.213 e. The summed E-state index contributed by atoms with van der Waals surface area (Å²) in [5.41, 5.74) is 1.62. The van der Waals surface area contributed by atoms with Crippen LogP contribution in [-0.2, 0) is 11.3 Å². The first-order chi connectivity index (χ1) is 17.7. The van der Waals surface area contributed by atoms with Gasteiger partial charge in [0.2, 0.25) is 5.88 Å². The lowest BCUT2D eigenvalue weighted by atomic mass is 9.91. The molecule has 1 N–H and O–H groups in total. The molecule has 2 aromatic heterocycles. The zero-order chi connectivity index (χ0) is 24.3. The second kappa shape index (κ2) is 10.7. The molecule has 192 valence electrons. The molecule has 3 fully saturated rings. The average Bonchev–Trinajstić information content (AvgIpc) is 3.57. The highest BCUT2D eigenvalue weighted by molar-refractivity contribution is 5.88. The quantitative estimate of drug-likeness (QED) is 0.508. The Balaban J connectivity index is 0.983. The molecule has 0 spiro atoms. The largest absolute Gasteiger partial charge is 0.477 e. The number of rotatable bonds is 8. The molecule has 0 aliphatic carbocycles. The summed E-state index contributed by atoms with van der Waals surface area (Å²) in [6, 6.07) is 11.0. The van der Waals surface area contributed by atoms with E-state index in [-0.39, 0.29) is 5.82 Å². The molecule has 3 aliphatic rings. The van der Waals surface area contributed by atoms with Crippen molar-refractivity contribution in [1.82, 2.24) is 20.4 Å². The van der Waals surface area contributed by atoms with Gasteiger partial charge in [0.25, 0.3) is 0 Å². The maximum atomic E-state index is 13.8. The monoisotopic (exact) mass is 495 g/mol. The topological polar surface area (TPSA) is 75.9 Å². The predicted octanol–water partition coefficient (Wildman–Crippen LogP) is 3.61. The van der Waals surface area contributed by atoms with Gasteiger partial charge in [-0.2, -0.15) is 0 Å². The molecule has 1 aromatic carbocycles. The van der Waals surface area contributed by atoms with Crippen molar-refractivity contribution in [3.63, 3.8) is 0 Å². The van der Waals surface area contributed by atoms with Crippen molar-refractivity contribution in [2.45, 2.75) is 44.4 Å². The first kappa shape index (κ1) is 23.6. The maximum absolute atomic E-state index is 13.8. The van der Waals surface area contributed by atoms with E-state index in [9.17, 15) is 4.39 Å². The fourth-order valence-electron chi connectivity index (χ4n) is 5.72. The van der Waals surface area contributed by atoms with Gasteiger partial charge in [0.15, 0.2) is 11.4 Å². The number of pyridine rings is 1. The van der Waals surface area contributed by atoms with E-state index < -0.39 is 0 Å². The zero-order valence-corrected chi connectivity index (χ0v) is 20.6. The Morgan fingerprint density at radius 2 is 2.08 bits per heavy atom. The summed E-state index contributed by atoms with van der Waals surface area (Å²) in [5.74, 6) is 1.67. The van der Waals surface area contributed by atoms with Crippen LogP contribution in [0.15, 0.2) is 40.9 Å². The number of halogens is 1. The number of hydrogen-bond acceptors (Lipinski definition) is 8. The summed E-state index contributed by atoms with van der Waals surface area (Å²) in [7, 11) is 0. The summed E-state index contributed by atoms with van der Waals surface area (Å²) < 4.78 is 31.0. The van der Waals surface area contributed by atoms with E-state index in [1.165, 1.54) is 12.1 Å². The van der Waals surface area contributed by atoms with Crippen molar-refractivity contribution in [3.8, 4) is 5.88 Å². The minimum atomic E-state index is -0.263. The Kier molecular flexibility index (Phi) is 7.03. The molecule has 3 unspecified atom stereocenters. The molecule has 3 aliphatic heterocycles. The van der Waals surface area contributed by atoms with Crippen LogP contribution >= 0.6 is 0 Å². The normalized spacial score (nSPS) is 24.8. The lowest BCUT2D eigenvalue weighted by Crippen LogP contribution is -2.57. The molecule has 3 atom stereocenters. The summed E-state index contributed by atoms with van der Waals surface area (Å²) in [4.78, 5) is 9.49. The third kappa shape index (κ3) is 5.33. The zero-order valence-electron chi connectivity index (χ0n) is 20.6. The van der Waals surface area contributed by atoms with Gasteiger partial charge in [-0.1, -0.05) is 11.2 Å². The number of anilines is 1. The molecule has 0 amide bonds. The summed E-state index contributed by atoms with van der Waals surface area (Å²) in [6.45, 7) is 6.86. The molecule has 3 saturated heterocycles. The Morgan fingerprint density at radius 3 is 3.00 bits per heavy atom. The molecule has 5 heterocycles. The molecule has 3 aromatic rings. The summed E-state index contributed by atoms with van der Waals surface area (Å²) >= 11 is 0. The molecular formula is C27H34FN5O3. The van der Waals surface area contributed by atoms with Crippen molar-refractivity contribution in [2.24, 2.45) is 5.92 Å². The molecule has 0 bridgehead atoms. The van der Waals surface area contributed by atoms with Crippen LogP contribution in [0.3, 0.4) is 0 Å². The maximum Gasteiger partial charge on any atom is 0.213 e. The molecule has 8 nitrogen and oxygen atoms in total. The number of piperazine rings is 1. The van der Waals surface area contributed by atoms with E-state index in [1.807, 2.05) is 18.2 Å². The van der Waals surface area contributed by atoms with Gasteiger partial charge < -0.3 is 24.2 Å². The van der Waals surface area contributed by atoms with Crippen LogP contribution in [0.4, 0.5) is 10.2 Å². The first-order valence-corrected chi connectivity index (χ1v) is 13.2. The Hall–Kier alpha value is -2.75. The minimum absolute atomic E-state index is 0.263. The van der Waals surface area contributed by atoms with Gasteiger partial charge in [-0.15, -0.1) is 0 Å². The van der Waals surface area contributed by atoms with Crippen molar-refractivity contribution in [1.29, 1.82) is 0 Å². The lowest BCUT2D eigenvalue weighted by Gasteiger charge is -2.46. The Labute approximate surface area is 210 Å². The second-order valence-electron chi connectivity index (χ2n) is 10.2. The van der Waals surface area contributed by atoms with Crippen molar-refractivity contribution < 1.29 is 18.4 Å². The van der Waals surface area contributed by atoms with Crippen LogP contribution < -0.4 is 15.0 Å². The van der Waals surface area contributed by atoms with Crippen LogP contribution in [0.25, 0.3) is 11.0 Å². The SMILES string of the molecule is Fc1ccc2onc(N3CCN4CC(COc5cccc(CNCC6CCCO6)n5)CCC4C3)c2c1. The highest BCUT2D eigenvalue weighted by atomic mass is 19.1. The molecule has 0 saturated carbocycles. The number of ether oxygens (including phenoxy) is 2. The lowest BCUT2D eigenvalue weighted by molar-refractivity contribution is 0.0716. The molecular weight excluding hydrogens is 461 g/mol. The highest BCUT2D eigenvalue weighted by Gasteiger charge is 2.34. The summed E-state index contributed by atoms with van der Waals surface area (Å²) in [6.07, 6.45) is 4.85. The van der Waals surface area contributed by atoms with Crippen LogP contribution in [0.1, 0.15) is 31.4 Å². The van der Waals surface area contributed by atoms with Gasteiger partial charge in [-0.3, -0.25) is 4.90 Å². The van der Waals surface area contributed by atoms with Crippen LogP contribution in [0, 0.1) is 11.7 Å². The number of nitrogens with zero attached hydrogens (tertiary/aromatic N) is 4. The third-order valence-corrected chi connectivity index (χ3v) is 7.67. The second-order valence-corrected chi connectivity index (χ2v) is 10.2. The van der Waals surface area contributed by atoms with E-state index >= 15 is 0 Å². The molecule has 0 radical (unpaired) electrons. The van der Waals surface area contributed by atoms with E-state index in [1.54, 1.807) is 6.07 Å². The third-order valence-electron chi connectivity index (χ3n) is 7.67. The van der Waals surface area contributed by atoms with Crippen LogP contribution in [-0.4, -0.2) is 73.1 Å². The van der Waals surface area contributed by atoms with Gasteiger partial charge in [-0.05, 0) is 49.9 Å². The molecule has 6 rings (SSSR count). The Bertz CT molecular complexity index is 1170. The van der Waals surface area contributed by atoms with Gasteiger partial charge in [-0.25, -0.2) is 9.37 Å². The van der Waals surface area contributed by atoms with Crippen LogP contribution in [0.5, 0.6) is 5.88 Å². The fraction of sp³-hybridized carbons (Fsp3) is 0.556. The Morgan fingerprint density at radius 1 is 1.11 bits per heavy atom. The van der Waals surface area contributed by atoms with Crippen molar-refractivity contribution in [3.05, 3.63) is 47.9 Å². The van der Waals surface area contributed by atoms with Crippen LogP contribution in [0.2, 0.25) is 0 Å². The summed E-state index contributed by atoms with van der Waals surface area (Å²) in [5, 5.41) is 8.45. The number of nitrogens with one attached hydrogen (secondary N) is 1. The number of fused-ring (bicyclic) bond motifs is 2. The van der Waals surface area contributed by atoms with Gasteiger partial charge >= 0.3 is 0 Å². The average molecular weight is 496 g/mol. The standard InChI is InChI=1S/C27H34FN5O3/c28-20-7-9-25-24(13-20)27(31-36-25)33-11-10-32-16-19(6-8-22(32)17-33)18-35-26-5-1-3-21(30-26)14-29-15-23-4-2-12-34-23/h1,3,5,7,9,13,19,22-23,29H,2,4,6,8,10-12,14-18H2. The minimum Gasteiger partial charge on any atom is -0.477 e. The number of aromatic nitrogens is 2. The first-order valence-electron chi connectivity index (χ1n) is 13.2. The molecule has 36 heavy (non-hydrogen) atoms. The van der Waals surface area contributed by atoms with Crippen molar-refractivity contribution >= 4 is 16.8 Å². The van der Waals surface area contributed by atoms with Gasteiger partial charge in [0.1, 0.15) is 5.82 Å². The number of benzene rings is 1. The fourth-order valence-corrected chi connectivity index (χ4v) is 5.72. The predicted molar refractivity (Wildman–Crippen MR) is 135 cm³/mol. The van der Waals surface area contributed by atoms with E-state index in [2.05, 4.69) is 25.3 Å². The van der Waals surface area contributed by atoms with E-state index in [4.69, 9.17) is 14.0 Å².